The van der Waals surface area contributed by atoms with Crippen LogP contribution in [0.2, 0.25) is 5.02 Å². The number of hydrogen-bond acceptors (Lipinski definition) is 4. The quantitative estimate of drug-likeness (QED) is 0.840. The predicted octanol–water partition coefficient (Wildman–Crippen LogP) is 1.72. The van der Waals surface area contributed by atoms with Crippen molar-refractivity contribution in [2.75, 3.05) is 26.5 Å². The zero-order chi connectivity index (χ0) is 14.8. The second-order valence-corrected chi connectivity index (χ2v) is 6.51. The summed E-state index contributed by atoms with van der Waals surface area (Å²) in [5.74, 6) is -1.01. The van der Waals surface area contributed by atoms with Crippen molar-refractivity contribution in [3.05, 3.63) is 23.0 Å². The molecule has 0 aliphatic heterocycles. The average Bonchev–Trinajstić information content (AvgIpc) is 2.32. The molecule has 1 aromatic carbocycles. The molecule has 1 unspecified atom stereocenters. The number of sulfonamides is 1. The van der Waals surface area contributed by atoms with E-state index >= 15 is 0 Å². The first-order chi connectivity index (χ1) is 8.71. The van der Waals surface area contributed by atoms with Crippen LogP contribution in [0.25, 0.3) is 0 Å². The van der Waals surface area contributed by atoms with Crippen LogP contribution in [0.5, 0.6) is 0 Å². The highest BCUT2D eigenvalue weighted by Crippen LogP contribution is 2.28. The lowest BCUT2D eigenvalue weighted by atomic mass is 10.3. The molecule has 0 spiro atoms. The van der Waals surface area contributed by atoms with Gasteiger partial charge >= 0.3 is 0 Å². The van der Waals surface area contributed by atoms with Gasteiger partial charge in [-0.2, -0.15) is 4.31 Å². The number of methoxy groups -OCH3 is 1. The summed E-state index contributed by atoms with van der Waals surface area (Å²) < 4.78 is 44.3. The van der Waals surface area contributed by atoms with E-state index in [1.807, 2.05) is 0 Å². The van der Waals surface area contributed by atoms with E-state index in [-0.39, 0.29) is 17.3 Å². The van der Waals surface area contributed by atoms with E-state index in [2.05, 4.69) is 0 Å². The summed E-state index contributed by atoms with van der Waals surface area (Å²) in [6.07, 6.45) is 0. The van der Waals surface area contributed by atoms with Crippen LogP contribution in [-0.2, 0) is 14.8 Å². The maximum Gasteiger partial charge on any atom is 0.246 e. The normalized spacial score (nSPS) is 13.8. The lowest BCUT2D eigenvalue weighted by Crippen LogP contribution is -2.38. The highest BCUT2D eigenvalue weighted by atomic mass is 35.5. The fourth-order valence-electron chi connectivity index (χ4n) is 1.51. The van der Waals surface area contributed by atoms with Gasteiger partial charge in [0.25, 0.3) is 0 Å². The molecule has 108 valence electrons. The Bertz CT molecular complexity index is 565. The van der Waals surface area contributed by atoms with E-state index in [4.69, 9.17) is 22.1 Å². The van der Waals surface area contributed by atoms with Crippen molar-refractivity contribution in [3.63, 3.8) is 0 Å². The molecular formula is C11H16ClFN2O3S. The van der Waals surface area contributed by atoms with Gasteiger partial charge in [-0.15, -0.1) is 0 Å². The van der Waals surface area contributed by atoms with Gasteiger partial charge in [-0.3, -0.25) is 0 Å². The zero-order valence-corrected chi connectivity index (χ0v) is 12.4. The number of nitrogen functional groups attached to an aromatic ring is 1. The molecule has 8 heteroatoms. The van der Waals surface area contributed by atoms with Crippen LogP contribution >= 0.6 is 11.6 Å². The molecule has 19 heavy (non-hydrogen) atoms. The molecular weight excluding hydrogens is 295 g/mol. The predicted molar refractivity (Wildman–Crippen MR) is 72.1 cm³/mol. The van der Waals surface area contributed by atoms with Gasteiger partial charge in [0.2, 0.25) is 10.0 Å². The Hall–Kier alpha value is -0.890. The summed E-state index contributed by atoms with van der Waals surface area (Å²) in [6, 6.07) is 1.76. The van der Waals surface area contributed by atoms with Crippen LogP contribution < -0.4 is 5.73 Å². The average molecular weight is 311 g/mol. The summed E-state index contributed by atoms with van der Waals surface area (Å²) in [7, 11) is -1.23. The minimum Gasteiger partial charge on any atom is -0.399 e. The Morgan fingerprint density at radius 2 is 2.11 bits per heavy atom. The van der Waals surface area contributed by atoms with Gasteiger partial charge in [-0.25, -0.2) is 12.8 Å². The van der Waals surface area contributed by atoms with E-state index in [0.29, 0.717) is 0 Å². The minimum atomic E-state index is -4.02. The van der Waals surface area contributed by atoms with Crippen LogP contribution in [0.1, 0.15) is 6.92 Å². The Balaban J connectivity index is 3.28. The smallest absolute Gasteiger partial charge is 0.246 e. The molecule has 0 aliphatic carbocycles. The van der Waals surface area contributed by atoms with Crippen molar-refractivity contribution in [1.82, 2.24) is 4.31 Å². The van der Waals surface area contributed by atoms with Gasteiger partial charge in [0.1, 0.15) is 4.90 Å². The third-order valence-electron chi connectivity index (χ3n) is 2.70. The third-order valence-corrected chi connectivity index (χ3v) is 4.95. The molecule has 0 fully saturated rings. The summed E-state index contributed by atoms with van der Waals surface area (Å²) in [4.78, 5) is -0.539. The molecule has 0 aromatic heterocycles. The fraction of sp³-hybridized carbons (Fsp3) is 0.455. The molecule has 2 N–H and O–H groups in total. The summed E-state index contributed by atoms with van der Waals surface area (Å²) in [6.45, 7) is 1.83. The maximum absolute atomic E-state index is 13.9. The number of anilines is 1. The van der Waals surface area contributed by atoms with Crippen LogP contribution in [0.15, 0.2) is 17.0 Å². The lowest BCUT2D eigenvalue weighted by Gasteiger charge is -2.24. The van der Waals surface area contributed by atoms with Crippen molar-refractivity contribution < 1.29 is 17.5 Å². The lowest BCUT2D eigenvalue weighted by molar-refractivity contribution is 0.149. The van der Waals surface area contributed by atoms with Gasteiger partial charge in [-0.05, 0) is 19.1 Å². The Kier molecular flexibility index (Phi) is 5.14. The molecule has 0 radical (unpaired) electrons. The number of hydrogen-bond donors (Lipinski definition) is 1. The summed E-state index contributed by atoms with van der Waals surface area (Å²) in [5, 5.41) is -0.327. The van der Waals surface area contributed by atoms with E-state index in [9.17, 15) is 12.8 Å². The Morgan fingerprint density at radius 1 is 1.53 bits per heavy atom. The van der Waals surface area contributed by atoms with Crippen LogP contribution in [0.3, 0.4) is 0 Å². The van der Waals surface area contributed by atoms with E-state index in [1.165, 1.54) is 14.2 Å². The number of benzene rings is 1. The molecule has 0 heterocycles. The summed E-state index contributed by atoms with van der Waals surface area (Å²) >= 11 is 5.61. The van der Waals surface area contributed by atoms with E-state index < -0.39 is 26.8 Å². The molecule has 0 bridgehead atoms. The number of nitrogens with zero attached hydrogens (tertiary/aromatic N) is 1. The van der Waals surface area contributed by atoms with Crippen molar-refractivity contribution in [1.29, 1.82) is 0 Å². The zero-order valence-electron chi connectivity index (χ0n) is 10.9. The number of rotatable bonds is 5. The number of likely N-dealkylation sites (N-methyl/N-ethyl adjacent to an activating group) is 1. The largest absolute Gasteiger partial charge is 0.399 e. The molecule has 0 saturated heterocycles. The summed E-state index contributed by atoms with van der Waals surface area (Å²) in [5.41, 5.74) is 5.58. The SMILES string of the molecule is COCC(C)N(C)S(=O)(=O)c1cc(N)cc(Cl)c1F. The molecule has 0 aliphatic rings. The van der Waals surface area contributed by atoms with Gasteiger partial charge in [-0.1, -0.05) is 11.6 Å². The Labute approximate surface area is 117 Å². The molecule has 1 rings (SSSR count). The molecule has 1 atom stereocenters. The van der Waals surface area contributed by atoms with Gasteiger partial charge in [0.15, 0.2) is 5.82 Å². The number of nitrogens with two attached hydrogens (primary N) is 1. The second kappa shape index (κ2) is 6.04. The van der Waals surface area contributed by atoms with Crippen molar-refractivity contribution in [3.8, 4) is 0 Å². The second-order valence-electron chi connectivity index (χ2n) is 4.14. The van der Waals surface area contributed by atoms with Gasteiger partial charge in [0, 0.05) is 25.9 Å². The van der Waals surface area contributed by atoms with Crippen molar-refractivity contribution >= 4 is 27.3 Å². The molecule has 1 aromatic rings. The monoisotopic (exact) mass is 310 g/mol. The fourth-order valence-corrected chi connectivity index (χ4v) is 3.26. The van der Waals surface area contributed by atoms with Crippen LogP contribution in [0.4, 0.5) is 10.1 Å². The number of halogens is 2. The molecule has 5 nitrogen and oxygen atoms in total. The molecule has 0 saturated carbocycles. The van der Waals surface area contributed by atoms with Crippen molar-refractivity contribution in [2.24, 2.45) is 0 Å². The first kappa shape index (κ1) is 16.2. The van der Waals surface area contributed by atoms with Gasteiger partial charge in [0.05, 0.1) is 11.6 Å². The number of ether oxygens (including phenoxy) is 1. The minimum absolute atomic E-state index is 0.0813. The standard InChI is InChI=1S/C11H16ClFN2O3S/c1-7(6-18-3)15(2)19(16,17)10-5-8(14)4-9(12)11(10)13/h4-5,7H,6,14H2,1-3H3. The molecule has 0 amide bonds. The van der Waals surface area contributed by atoms with Crippen LogP contribution in [-0.4, -0.2) is 39.5 Å². The first-order valence-electron chi connectivity index (χ1n) is 5.43. The first-order valence-corrected chi connectivity index (χ1v) is 7.25. The van der Waals surface area contributed by atoms with E-state index in [0.717, 1.165) is 16.4 Å². The Morgan fingerprint density at radius 3 is 2.63 bits per heavy atom. The highest BCUT2D eigenvalue weighted by molar-refractivity contribution is 7.89. The van der Waals surface area contributed by atoms with E-state index in [1.54, 1.807) is 6.92 Å². The third kappa shape index (κ3) is 3.36. The topological polar surface area (TPSA) is 72.6 Å². The van der Waals surface area contributed by atoms with Gasteiger partial charge < -0.3 is 10.5 Å². The maximum atomic E-state index is 13.9. The van der Waals surface area contributed by atoms with Crippen LogP contribution in [0, 0.1) is 5.82 Å². The highest BCUT2D eigenvalue weighted by Gasteiger charge is 2.29. The van der Waals surface area contributed by atoms with Crippen molar-refractivity contribution in [2.45, 2.75) is 17.9 Å².